The van der Waals surface area contributed by atoms with Crippen molar-refractivity contribution in [3.8, 4) is 5.75 Å². The molecule has 0 aromatic heterocycles. The number of halogens is 2. The van der Waals surface area contributed by atoms with Gasteiger partial charge in [-0.25, -0.2) is 0 Å². The highest BCUT2D eigenvalue weighted by molar-refractivity contribution is 6.32. The van der Waals surface area contributed by atoms with Gasteiger partial charge in [-0.05, 0) is 43.9 Å². The maximum absolute atomic E-state index is 9.38. The van der Waals surface area contributed by atoms with Gasteiger partial charge in [-0.2, -0.15) is 0 Å². The van der Waals surface area contributed by atoms with Crippen molar-refractivity contribution >= 4 is 28.9 Å². The van der Waals surface area contributed by atoms with Crippen LogP contribution in [0.1, 0.15) is 25.7 Å². The first-order valence-electron chi connectivity index (χ1n) is 6.63. The number of rotatable bonds is 6. The average Bonchev–Trinajstić information content (AvgIpc) is 2.91. The number of hydrogen-bond donors (Lipinski definition) is 2. The van der Waals surface area contributed by atoms with Crippen LogP contribution in [0.15, 0.2) is 18.2 Å². The van der Waals surface area contributed by atoms with Crippen molar-refractivity contribution < 1.29 is 9.84 Å². The molecule has 1 unspecified atom stereocenters. The number of aliphatic hydroxyl groups is 1. The normalized spacial score (nSPS) is 17.4. The van der Waals surface area contributed by atoms with Crippen LogP contribution >= 0.6 is 23.2 Å². The first-order chi connectivity index (χ1) is 9.19. The summed E-state index contributed by atoms with van der Waals surface area (Å²) >= 11 is 11.7. The molecule has 0 heterocycles. The van der Waals surface area contributed by atoms with Crippen LogP contribution < -0.4 is 10.1 Å². The van der Waals surface area contributed by atoms with Gasteiger partial charge in [0.2, 0.25) is 0 Å². The summed E-state index contributed by atoms with van der Waals surface area (Å²) in [7, 11) is 0. The summed E-state index contributed by atoms with van der Waals surface area (Å²) in [5, 5.41) is 13.1. The van der Waals surface area contributed by atoms with E-state index < -0.39 is 6.10 Å². The van der Waals surface area contributed by atoms with E-state index in [1.165, 1.54) is 12.8 Å². The van der Waals surface area contributed by atoms with Crippen LogP contribution in [0.5, 0.6) is 5.75 Å². The topological polar surface area (TPSA) is 41.5 Å². The molecule has 2 N–H and O–H groups in total. The van der Waals surface area contributed by atoms with Gasteiger partial charge in [-0.15, -0.1) is 11.6 Å². The molecule has 0 saturated heterocycles. The predicted octanol–water partition coefficient (Wildman–Crippen LogP) is 3.67. The van der Waals surface area contributed by atoms with Gasteiger partial charge >= 0.3 is 0 Å². The highest BCUT2D eigenvalue weighted by Gasteiger charge is 2.17. The molecule has 1 atom stereocenters. The number of benzene rings is 1. The molecule has 2 rings (SSSR count). The van der Waals surface area contributed by atoms with E-state index in [4.69, 9.17) is 27.9 Å². The van der Waals surface area contributed by atoms with Crippen molar-refractivity contribution in [3.05, 3.63) is 23.2 Å². The molecule has 5 heteroatoms. The second kappa shape index (κ2) is 7.22. The van der Waals surface area contributed by atoms with Crippen LogP contribution in [0.4, 0.5) is 5.69 Å². The van der Waals surface area contributed by atoms with E-state index in [0.29, 0.717) is 17.7 Å². The van der Waals surface area contributed by atoms with Crippen LogP contribution in [0.2, 0.25) is 5.02 Å². The van der Waals surface area contributed by atoms with Gasteiger partial charge in [0.1, 0.15) is 5.75 Å². The fourth-order valence-corrected chi connectivity index (χ4v) is 2.52. The number of anilines is 1. The molecule has 0 spiro atoms. The van der Waals surface area contributed by atoms with Crippen molar-refractivity contribution in [2.75, 3.05) is 17.7 Å². The smallest absolute Gasteiger partial charge is 0.138 e. The maximum Gasteiger partial charge on any atom is 0.138 e. The highest BCUT2D eigenvalue weighted by Crippen LogP contribution is 2.31. The van der Waals surface area contributed by atoms with E-state index in [-0.39, 0.29) is 5.88 Å². The molecule has 0 amide bonds. The second-order valence-corrected chi connectivity index (χ2v) is 5.57. The molecule has 1 aromatic rings. The lowest BCUT2D eigenvalue weighted by atomic mass is 10.2. The highest BCUT2D eigenvalue weighted by atomic mass is 35.5. The van der Waals surface area contributed by atoms with Crippen molar-refractivity contribution in [2.24, 2.45) is 0 Å². The summed E-state index contributed by atoms with van der Waals surface area (Å²) in [6, 6.07) is 5.58. The fourth-order valence-electron chi connectivity index (χ4n) is 2.18. The molecule has 0 radical (unpaired) electrons. The van der Waals surface area contributed by atoms with Crippen LogP contribution in [-0.4, -0.2) is 29.7 Å². The Morgan fingerprint density at radius 1 is 1.37 bits per heavy atom. The van der Waals surface area contributed by atoms with E-state index in [1.54, 1.807) is 0 Å². The third-order valence-electron chi connectivity index (χ3n) is 3.25. The Morgan fingerprint density at radius 3 is 2.74 bits per heavy atom. The van der Waals surface area contributed by atoms with Crippen LogP contribution in [0, 0.1) is 0 Å². The van der Waals surface area contributed by atoms with E-state index >= 15 is 0 Å². The molecule has 106 valence electrons. The van der Waals surface area contributed by atoms with Gasteiger partial charge in [-0.1, -0.05) is 11.6 Å². The Bertz CT molecular complexity index is 408. The standard InChI is InChI=1S/C14H19Cl2NO2/c15-8-11(18)9-17-10-5-6-14(13(16)7-10)19-12-3-1-2-4-12/h5-7,11-12,17-18H,1-4,8-9H2. The lowest BCUT2D eigenvalue weighted by Gasteiger charge is -2.16. The Balaban J connectivity index is 1.92. The van der Waals surface area contributed by atoms with E-state index in [1.807, 2.05) is 18.2 Å². The molecule has 1 saturated carbocycles. The minimum atomic E-state index is -0.560. The molecule has 0 bridgehead atoms. The SMILES string of the molecule is OC(CCl)CNc1ccc(OC2CCCC2)c(Cl)c1. The number of alkyl halides is 1. The Kier molecular flexibility index (Phi) is 5.61. The van der Waals surface area contributed by atoms with Crippen molar-refractivity contribution in [2.45, 2.75) is 37.9 Å². The number of nitrogens with one attached hydrogen (secondary N) is 1. The van der Waals surface area contributed by atoms with Gasteiger partial charge in [0, 0.05) is 12.2 Å². The molecular formula is C14H19Cl2NO2. The monoisotopic (exact) mass is 303 g/mol. The van der Waals surface area contributed by atoms with Gasteiger partial charge < -0.3 is 15.2 Å². The van der Waals surface area contributed by atoms with Crippen LogP contribution in [0.3, 0.4) is 0 Å². The van der Waals surface area contributed by atoms with Crippen LogP contribution in [-0.2, 0) is 0 Å². The summed E-state index contributed by atoms with van der Waals surface area (Å²) in [5.41, 5.74) is 0.855. The van der Waals surface area contributed by atoms with Crippen molar-refractivity contribution in [3.63, 3.8) is 0 Å². The summed E-state index contributed by atoms with van der Waals surface area (Å²) in [4.78, 5) is 0. The zero-order valence-electron chi connectivity index (χ0n) is 10.7. The zero-order valence-corrected chi connectivity index (χ0v) is 12.3. The molecule has 3 nitrogen and oxygen atoms in total. The van der Waals surface area contributed by atoms with E-state index in [9.17, 15) is 5.11 Å². The minimum absolute atomic E-state index is 0.212. The van der Waals surface area contributed by atoms with Gasteiger partial charge in [0.05, 0.1) is 23.1 Å². The minimum Gasteiger partial charge on any atom is -0.489 e. The Hall–Kier alpha value is -0.640. The number of ether oxygens (including phenoxy) is 1. The lowest BCUT2D eigenvalue weighted by molar-refractivity contribution is 0.210. The van der Waals surface area contributed by atoms with Crippen molar-refractivity contribution in [1.82, 2.24) is 0 Å². The lowest BCUT2D eigenvalue weighted by Crippen LogP contribution is -2.20. The number of hydrogen-bond acceptors (Lipinski definition) is 3. The van der Waals surface area contributed by atoms with Gasteiger partial charge in [0.15, 0.2) is 0 Å². The number of aliphatic hydroxyl groups excluding tert-OH is 1. The molecule has 0 aliphatic heterocycles. The Morgan fingerprint density at radius 2 is 2.11 bits per heavy atom. The quantitative estimate of drug-likeness (QED) is 0.788. The largest absolute Gasteiger partial charge is 0.489 e. The molecule has 1 aromatic carbocycles. The third-order valence-corrected chi connectivity index (χ3v) is 3.90. The summed E-state index contributed by atoms with van der Waals surface area (Å²) in [6.07, 6.45) is 4.43. The third kappa shape index (κ3) is 4.44. The zero-order chi connectivity index (χ0) is 13.7. The van der Waals surface area contributed by atoms with E-state index in [2.05, 4.69) is 5.32 Å². The van der Waals surface area contributed by atoms with Crippen molar-refractivity contribution in [1.29, 1.82) is 0 Å². The molecule has 1 aliphatic carbocycles. The molecule has 19 heavy (non-hydrogen) atoms. The average molecular weight is 304 g/mol. The first kappa shape index (κ1) is 14.8. The summed E-state index contributed by atoms with van der Waals surface area (Å²) in [5.74, 6) is 0.945. The predicted molar refractivity (Wildman–Crippen MR) is 79.6 cm³/mol. The maximum atomic E-state index is 9.38. The summed E-state index contributed by atoms with van der Waals surface area (Å²) in [6.45, 7) is 0.405. The first-order valence-corrected chi connectivity index (χ1v) is 7.54. The van der Waals surface area contributed by atoms with Crippen LogP contribution in [0.25, 0.3) is 0 Å². The van der Waals surface area contributed by atoms with E-state index in [0.717, 1.165) is 24.3 Å². The molecule has 1 aliphatic rings. The Labute approximate surface area is 123 Å². The molecule has 1 fully saturated rings. The second-order valence-electron chi connectivity index (χ2n) is 4.86. The van der Waals surface area contributed by atoms with Gasteiger partial charge in [-0.3, -0.25) is 0 Å². The fraction of sp³-hybridized carbons (Fsp3) is 0.571. The van der Waals surface area contributed by atoms with Gasteiger partial charge in [0.25, 0.3) is 0 Å². The molecular weight excluding hydrogens is 285 g/mol. The summed E-state index contributed by atoms with van der Waals surface area (Å²) < 4.78 is 5.88.